The summed E-state index contributed by atoms with van der Waals surface area (Å²) in [5.41, 5.74) is 4.32. The van der Waals surface area contributed by atoms with Gasteiger partial charge in [0, 0.05) is 57.0 Å². The molecule has 234 valence electrons. The van der Waals surface area contributed by atoms with E-state index in [2.05, 4.69) is 24.3 Å². The molecule has 0 bridgehead atoms. The van der Waals surface area contributed by atoms with E-state index >= 15 is 0 Å². The molecule has 0 atom stereocenters. The predicted octanol–water partition coefficient (Wildman–Crippen LogP) is 12.9. The van der Waals surface area contributed by atoms with E-state index in [1.54, 1.807) is 11.3 Å². The van der Waals surface area contributed by atoms with Crippen molar-refractivity contribution in [1.82, 2.24) is 15.0 Å². The Hall–Kier alpha value is -6.01. The average molecular weight is 680 g/mol. The van der Waals surface area contributed by atoms with Gasteiger partial charge in [-0.05, 0) is 58.6 Å². The van der Waals surface area contributed by atoms with Crippen LogP contribution in [0.5, 0.6) is 0 Å². The molecule has 0 spiro atoms. The van der Waals surface area contributed by atoms with Crippen LogP contribution in [0.4, 0.5) is 0 Å². The molecule has 10 aromatic rings. The second kappa shape index (κ2) is 11.8. The summed E-state index contributed by atoms with van der Waals surface area (Å²) in [6.45, 7) is 0. The normalized spacial score (nSPS) is 13.3. The molecule has 50 heavy (non-hydrogen) atoms. The third kappa shape index (κ3) is 5.07. The second-order valence-electron chi connectivity index (χ2n) is 11.9. The standard InChI is InChI=1S/C45H27N3S2/c1-3-10-28(11-4-1)30-14-9-15-31(24-30)32-20-23-40-38(25-32)37-22-19-34(27-42(37)50-40)45-47-43(29-12-5-2-6-13-29)46-44(48-45)33-18-21-36-35-16-7-8-17-39(35)49-41(36)26-33/h1-27H/i19D,20D,22D,23D,25D,27D. The van der Waals surface area contributed by atoms with Crippen LogP contribution in [0.3, 0.4) is 0 Å². The largest absolute Gasteiger partial charge is 0.208 e. The van der Waals surface area contributed by atoms with E-state index in [9.17, 15) is 5.48 Å². The fourth-order valence-corrected chi connectivity index (χ4v) is 8.45. The molecule has 0 aliphatic rings. The summed E-state index contributed by atoms with van der Waals surface area (Å²) in [6.07, 6.45) is 0. The zero-order valence-electron chi connectivity index (χ0n) is 32.3. The molecule has 3 nitrogen and oxygen atoms in total. The summed E-state index contributed by atoms with van der Waals surface area (Å²) in [5, 5.41) is 2.85. The molecule has 0 aliphatic carbocycles. The van der Waals surface area contributed by atoms with Gasteiger partial charge in [-0.15, -0.1) is 22.7 Å². The van der Waals surface area contributed by atoms with Crippen molar-refractivity contribution in [1.29, 1.82) is 0 Å². The molecular weight excluding hydrogens is 647 g/mol. The Bertz CT molecular complexity index is 3220. The number of hydrogen-bond donors (Lipinski definition) is 0. The van der Waals surface area contributed by atoms with Crippen molar-refractivity contribution in [2.45, 2.75) is 0 Å². The predicted molar refractivity (Wildman–Crippen MR) is 213 cm³/mol. The van der Waals surface area contributed by atoms with Gasteiger partial charge in [0.05, 0.1) is 8.22 Å². The fourth-order valence-electron chi connectivity index (χ4n) is 6.33. The maximum atomic E-state index is 9.54. The van der Waals surface area contributed by atoms with Gasteiger partial charge in [0.15, 0.2) is 17.5 Å². The molecule has 0 fully saturated rings. The van der Waals surface area contributed by atoms with Gasteiger partial charge in [-0.2, -0.15) is 0 Å². The highest BCUT2D eigenvalue weighted by Gasteiger charge is 2.16. The van der Waals surface area contributed by atoms with Crippen LogP contribution < -0.4 is 0 Å². The van der Waals surface area contributed by atoms with Crippen LogP contribution in [0.25, 0.3) is 96.8 Å². The molecule has 5 heteroatoms. The van der Waals surface area contributed by atoms with Crippen molar-refractivity contribution >= 4 is 63.0 Å². The second-order valence-corrected chi connectivity index (χ2v) is 14.0. The van der Waals surface area contributed by atoms with Crippen LogP contribution in [0.2, 0.25) is 0 Å². The lowest BCUT2D eigenvalue weighted by Crippen LogP contribution is -2.00. The van der Waals surface area contributed by atoms with Gasteiger partial charge in [-0.3, -0.25) is 0 Å². The third-order valence-corrected chi connectivity index (χ3v) is 11.0. The maximum absolute atomic E-state index is 9.54. The summed E-state index contributed by atoms with van der Waals surface area (Å²) in [4.78, 5) is 14.6. The van der Waals surface area contributed by atoms with Crippen molar-refractivity contribution in [3.8, 4) is 56.4 Å². The van der Waals surface area contributed by atoms with Crippen molar-refractivity contribution < 1.29 is 8.22 Å². The molecule has 0 unspecified atom stereocenters. The number of benzene rings is 7. The molecule has 0 aliphatic heterocycles. The Kier molecular flexibility index (Phi) is 5.54. The van der Waals surface area contributed by atoms with Crippen LogP contribution in [-0.2, 0) is 0 Å². The van der Waals surface area contributed by atoms with E-state index in [-0.39, 0.29) is 58.6 Å². The van der Waals surface area contributed by atoms with Crippen LogP contribution in [0.15, 0.2) is 164 Å². The van der Waals surface area contributed by atoms with Crippen LogP contribution >= 0.6 is 22.7 Å². The van der Waals surface area contributed by atoms with Crippen molar-refractivity contribution in [2.75, 3.05) is 0 Å². The monoisotopic (exact) mass is 679 g/mol. The van der Waals surface area contributed by atoms with E-state index in [0.717, 1.165) is 43.7 Å². The molecule has 3 aromatic heterocycles. The van der Waals surface area contributed by atoms with Gasteiger partial charge in [0.2, 0.25) is 0 Å². The minimum absolute atomic E-state index is 0.0112. The SMILES string of the molecule is [2H]c1c(-c2cccc(-c3ccccc3)c2)c([2H])c2c(sc3c([2H])c(-c4nc(-c5ccccc5)nc(-c5ccc6c(c5)sc5ccccc56)n4)c([2H])c([2H])c32)c1[2H]. The van der Waals surface area contributed by atoms with Gasteiger partial charge in [0.1, 0.15) is 0 Å². The van der Waals surface area contributed by atoms with E-state index in [1.807, 2.05) is 103 Å². The molecule has 0 saturated carbocycles. The molecular formula is C45H27N3S2. The van der Waals surface area contributed by atoms with E-state index in [1.165, 1.54) is 10.1 Å². The number of thiophene rings is 2. The smallest absolute Gasteiger partial charge is 0.164 e. The molecule has 0 N–H and O–H groups in total. The van der Waals surface area contributed by atoms with Crippen LogP contribution in [0.1, 0.15) is 8.22 Å². The Balaban J connectivity index is 1.19. The number of fused-ring (bicyclic) bond motifs is 6. The molecule has 0 saturated heterocycles. The molecule has 7 aromatic carbocycles. The topological polar surface area (TPSA) is 38.7 Å². The van der Waals surface area contributed by atoms with Gasteiger partial charge >= 0.3 is 0 Å². The van der Waals surface area contributed by atoms with Gasteiger partial charge in [-0.1, -0.05) is 127 Å². The van der Waals surface area contributed by atoms with Crippen molar-refractivity contribution in [3.63, 3.8) is 0 Å². The number of aromatic nitrogens is 3. The highest BCUT2D eigenvalue weighted by atomic mass is 32.1. The first-order valence-electron chi connectivity index (χ1n) is 19.1. The highest BCUT2D eigenvalue weighted by Crippen LogP contribution is 2.40. The fraction of sp³-hybridized carbons (Fsp3) is 0. The Labute approximate surface area is 305 Å². The quantitative estimate of drug-likeness (QED) is 0.182. The van der Waals surface area contributed by atoms with Gasteiger partial charge in [0.25, 0.3) is 0 Å². The van der Waals surface area contributed by atoms with E-state index in [0.29, 0.717) is 32.0 Å². The minimum atomic E-state index is -0.258. The van der Waals surface area contributed by atoms with Gasteiger partial charge < -0.3 is 0 Å². The summed E-state index contributed by atoms with van der Waals surface area (Å²) in [5.74, 6) is 0.829. The van der Waals surface area contributed by atoms with Crippen molar-refractivity contribution in [3.05, 3.63) is 164 Å². The first-order chi connectivity index (χ1) is 27.3. The summed E-state index contributed by atoms with van der Waals surface area (Å²) in [7, 11) is 0. The summed E-state index contributed by atoms with van der Waals surface area (Å²) < 4.78 is 58.8. The zero-order valence-corrected chi connectivity index (χ0v) is 27.9. The van der Waals surface area contributed by atoms with E-state index < -0.39 is 0 Å². The molecule has 10 rings (SSSR count). The Morgan fingerprint density at radius 1 is 0.340 bits per heavy atom. The zero-order chi connectivity index (χ0) is 38.2. The van der Waals surface area contributed by atoms with Crippen LogP contribution in [0, 0.1) is 0 Å². The molecule has 3 heterocycles. The lowest BCUT2D eigenvalue weighted by molar-refractivity contribution is 1.08. The van der Waals surface area contributed by atoms with Crippen molar-refractivity contribution in [2.24, 2.45) is 0 Å². The lowest BCUT2D eigenvalue weighted by atomic mass is 9.98. The number of nitrogens with zero attached hydrogens (tertiary/aromatic N) is 3. The number of hydrogen-bond acceptors (Lipinski definition) is 5. The first kappa shape index (κ1) is 23.4. The average Bonchev–Trinajstić information content (AvgIpc) is 3.83. The third-order valence-electron chi connectivity index (χ3n) is 8.80. The summed E-state index contributed by atoms with van der Waals surface area (Å²) in [6, 6.07) is 40.5. The van der Waals surface area contributed by atoms with Crippen LogP contribution in [-0.4, -0.2) is 15.0 Å². The van der Waals surface area contributed by atoms with E-state index in [4.69, 9.17) is 17.7 Å². The molecule has 0 amide bonds. The number of rotatable bonds is 5. The molecule has 0 radical (unpaired) electrons. The maximum Gasteiger partial charge on any atom is 0.164 e. The highest BCUT2D eigenvalue weighted by molar-refractivity contribution is 7.26. The Morgan fingerprint density at radius 3 is 1.78 bits per heavy atom. The first-order valence-corrected chi connectivity index (χ1v) is 17.7. The minimum Gasteiger partial charge on any atom is -0.208 e. The lowest BCUT2D eigenvalue weighted by Gasteiger charge is -2.09. The Morgan fingerprint density at radius 2 is 0.960 bits per heavy atom. The summed E-state index contributed by atoms with van der Waals surface area (Å²) >= 11 is 2.78. The van der Waals surface area contributed by atoms with Gasteiger partial charge in [-0.25, -0.2) is 15.0 Å².